The predicted octanol–water partition coefficient (Wildman–Crippen LogP) is 1.75. The average Bonchev–Trinajstić information content (AvgIpc) is 1.63. The van der Waals surface area contributed by atoms with Crippen LogP contribution in [0.15, 0.2) is 0 Å². The van der Waals surface area contributed by atoms with Gasteiger partial charge in [0.1, 0.15) is 0 Å². The van der Waals surface area contributed by atoms with Gasteiger partial charge >= 0.3 is 8.26 Å². The highest BCUT2D eigenvalue weighted by molar-refractivity contribution is 8.31. The number of methoxy groups -OCH3 is 1. The van der Waals surface area contributed by atoms with Gasteiger partial charge in [-0.2, -0.15) is 8.42 Å². The third-order valence-corrected chi connectivity index (χ3v) is 0.408. The van der Waals surface area contributed by atoms with Gasteiger partial charge in [0.05, 0.1) is 0 Å². The van der Waals surface area contributed by atoms with Crippen molar-refractivity contribution in [2.45, 2.75) is 13.3 Å². The molecular formula is C4H10Cl2O3S. The Bertz CT molecular complexity index is 133. The first-order chi connectivity index (χ1) is 4.41. The van der Waals surface area contributed by atoms with Gasteiger partial charge in [-0.05, 0) is 6.42 Å². The summed E-state index contributed by atoms with van der Waals surface area (Å²) in [4.78, 5) is 0. The van der Waals surface area contributed by atoms with Crippen LogP contribution in [-0.2, 0) is 13.0 Å². The Labute approximate surface area is 70.2 Å². The van der Waals surface area contributed by atoms with Crippen molar-refractivity contribution in [1.29, 1.82) is 0 Å². The van der Waals surface area contributed by atoms with Crippen LogP contribution < -0.4 is 0 Å². The molecule has 0 aliphatic carbocycles. The second-order valence-corrected chi connectivity index (χ2v) is 5.04. The summed E-state index contributed by atoms with van der Waals surface area (Å²) in [5.74, 6) is 0. The summed E-state index contributed by atoms with van der Waals surface area (Å²) in [6, 6.07) is 0. The molecule has 0 spiro atoms. The predicted molar refractivity (Wildman–Crippen MR) is 42.8 cm³/mol. The van der Waals surface area contributed by atoms with Crippen LogP contribution in [0.5, 0.6) is 0 Å². The van der Waals surface area contributed by atoms with Crippen molar-refractivity contribution < 1.29 is 13.2 Å². The Balaban J connectivity index is 0. The molecular weight excluding hydrogens is 199 g/mol. The third-order valence-electron chi connectivity index (χ3n) is 0.408. The van der Waals surface area contributed by atoms with Crippen LogP contribution in [0.2, 0.25) is 0 Å². The molecule has 0 saturated carbocycles. The van der Waals surface area contributed by atoms with Crippen molar-refractivity contribution in [2.24, 2.45) is 0 Å². The highest BCUT2D eigenvalue weighted by atomic mass is 36.0. The van der Waals surface area contributed by atoms with E-state index in [9.17, 15) is 0 Å². The molecule has 0 aliphatic heterocycles. The minimum atomic E-state index is -3.72. The number of hydrogen-bond acceptors (Lipinski definition) is 3. The summed E-state index contributed by atoms with van der Waals surface area (Å²) >= 11 is 0. The second-order valence-electron chi connectivity index (χ2n) is 1.37. The standard InChI is InChI=1S/C4H10O.Cl2O2S/c1-3-4-5-2;1-5(2,3)4/h3-4H2,1-2H3;. The zero-order chi connectivity index (χ0) is 8.62. The van der Waals surface area contributed by atoms with Crippen molar-refractivity contribution in [3.05, 3.63) is 0 Å². The Morgan fingerprint density at radius 2 is 1.70 bits per heavy atom. The van der Waals surface area contributed by atoms with Gasteiger partial charge in [-0.3, -0.25) is 0 Å². The molecule has 0 radical (unpaired) electrons. The van der Waals surface area contributed by atoms with E-state index in [1.807, 2.05) is 0 Å². The van der Waals surface area contributed by atoms with E-state index in [4.69, 9.17) is 13.2 Å². The summed E-state index contributed by atoms with van der Waals surface area (Å²) in [5.41, 5.74) is 0. The molecule has 3 nitrogen and oxygen atoms in total. The van der Waals surface area contributed by atoms with E-state index in [1.165, 1.54) is 0 Å². The van der Waals surface area contributed by atoms with Gasteiger partial charge in [-0.25, -0.2) is 0 Å². The lowest BCUT2D eigenvalue weighted by molar-refractivity contribution is 0.199. The molecule has 0 amide bonds. The van der Waals surface area contributed by atoms with Gasteiger partial charge in [0.2, 0.25) is 0 Å². The maximum atomic E-state index is 9.16. The van der Waals surface area contributed by atoms with Gasteiger partial charge < -0.3 is 4.74 Å². The maximum Gasteiger partial charge on any atom is 0.317 e. The number of ether oxygens (including phenoxy) is 1. The Morgan fingerprint density at radius 1 is 1.40 bits per heavy atom. The molecule has 6 heteroatoms. The van der Waals surface area contributed by atoms with Crippen LogP contribution >= 0.6 is 21.4 Å². The number of rotatable bonds is 2. The first-order valence-electron chi connectivity index (χ1n) is 2.55. The molecule has 0 aromatic heterocycles. The molecule has 64 valence electrons. The molecule has 0 atom stereocenters. The van der Waals surface area contributed by atoms with Crippen molar-refractivity contribution in [3.63, 3.8) is 0 Å². The van der Waals surface area contributed by atoms with Gasteiger partial charge in [-0.15, -0.1) is 0 Å². The molecule has 0 aromatic carbocycles. The second kappa shape index (κ2) is 7.60. The van der Waals surface area contributed by atoms with Crippen LogP contribution in [-0.4, -0.2) is 22.1 Å². The molecule has 0 saturated heterocycles. The SMILES string of the molecule is CCCOC.O=S(=O)(Cl)Cl. The normalized spacial score (nSPS) is 10.0. The topological polar surface area (TPSA) is 43.4 Å². The minimum Gasteiger partial charge on any atom is -0.385 e. The lowest BCUT2D eigenvalue weighted by atomic mass is 10.5. The fraction of sp³-hybridized carbons (Fsp3) is 1.00. The van der Waals surface area contributed by atoms with Crippen LogP contribution in [0, 0.1) is 0 Å². The quantitative estimate of drug-likeness (QED) is 0.650. The molecule has 0 aromatic rings. The first-order valence-corrected chi connectivity index (χ1v) is 5.68. The monoisotopic (exact) mass is 208 g/mol. The van der Waals surface area contributed by atoms with E-state index in [-0.39, 0.29) is 0 Å². The van der Waals surface area contributed by atoms with Gasteiger partial charge in [0.15, 0.2) is 0 Å². The Morgan fingerprint density at radius 3 is 1.70 bits per heavy atom. The average molecular weight is 209 g/mol. The van der Waals surface area contributed by atoms with Gasteiger partial charge in [0, 0.05) is 35.1 Å². The zero-order valence-electron chi connectivity index (χ0n) is 5.80. The highest BCUT2D eigenvalue weighted by Crippen LogP contribution is 1.98. The van der Waals surface area contributed by atoms with Crippen LogP contribution in [0.4, 0.5) is 0 Å². The zero-order valence-corrected chi connectivity index (χ0v) is 8.13. The molecule has 0 aliphatic rings. The molecule has 0 unspecified atom stereocenters. The lowest BCUT2D eigenvalue weighted by Gasteiger charge is -1.84. The number of hydrogen-bond donors (Lipinski definition) is 0. The Kier molecular flexibility index (Phi) is 9.96. The summed E-state index contributed by atoms with van der Waals surface area (Å²) in [7, 11) is 6.53. The van der Waals surface area contributed by atoms with Crippen LogP contribution in [0.3, 0.4) is 0 Å². The van der Waals surface area contributed by atoms with Crippen molar-refractivity contribution in [3.8, 4) is 0 Å². The van der Waals surface area contributed by atoms with Crippen molar-refractivity contribution >= 4 is 29.6 Å². The summed E-state index contributed by atoms with van der Waals surface area (Å²) in [5, 5.41) is 0. The van der Waals surface area contributed by atoms with E-state index >= 15 is 0 Å². The molecule has 0 N–H and O–H groups in total. The van der Waals surface area contributed by atoms with Crippen molar-refractivity contribution in [1.82, 2.24) is 0 Å². The highest BCUT2D eigenvalue weighted by Gasteiger charge is 1.88. The van der Waals surface area contributed by atoms with Crippen molar-refractivity contribution in [2.75, 3.05) is 13.7 Å². The minimum absolute atomic E-state index is 0.889. The van der Waals surface area contributed by atoms with E-state index in [0.717, 1.165) is 13.0 Å². The lowest BCUT2D eigenvalue weighted by Crippen LogP contribution is -1.80. The van der Waals surface area contributed by atoms with Gasteiger partial charge in [-0.1, -0.05) is 6.92 Å². The summed E-state index contributed by atoms with van der Waals surface area (Å²) in [6.45, 7) is 2.98. The molecule has 0 heterocycles. The summed E-state index contributed by atoms with van der Waals surface area (Å²) in [6.07, 6.45) is 1.12. The number of halogens is 2. The molecule has 10 heavy (non-hydrogen) atoms. The van der Waals surface area contributed by atoms with Crippen LogP contribution in [0.1, 0.15) is 13.3 Å². The Hall–Kier alpha value is 0.490. The van der Waals surface area contributed by atoms with E-state index < -0.39 is 8.26 Å². The first kappa shape index (κ1) is 13.1. The smallest absolute Gasteiger partial charge is 0.317 e. The third kappa shape index (κ3) is 76.8. The molecule has 0 fully saturated rings. The van der Waals surface area contributed by atoms with Gasteiger partial charge in [0.25, 0.3) is 0 Å². The summed E-state index contributed by atoms with van der Waals surface area (Å²) < 4.78 is 23.0. The van der Waals surface area contributed by atoms with E-state index in [1.54, 1.807) is 7.11 Å². The van der Waals surface area contributed by atoms with E-state index in [2.05, 4.69) is 28.3 Å². The fourth-order valence-electron chi connectivity index (χ4n) is 0.204. The van der Waals surface area contributed by atoms with E-state index in [0.29, 0.717) is 0 Å². The molecule has 0 rings (SSSR count). The van der Waals surface area contributed by atoms with Crippen LogP contribution in [0.25, 0.3) is 0 Å². The molecule has 0 bridgehead atoms. The maximum absolute atomic E-state index is 9.16. The largest absolute Gasteiger partial charge is 0.385 e. The fourth-order valence-corrected chi connectivity index (χ4v) is 0.204.